The molecule has 1 N–H and O–H groups in total. The third kappa shape index (κ3) is 4.41. The van der Waals surface area contributed by atoms with Gasteiger partial charge >= 0.3 is 0 Å². The van der Waals surface area contributed by atoms with Gasteiger partial charge < -0.3 is 5.32 Å². The average molecular weight is 405 g/mol. The number of carbonyl (C=O) groups excluding carboxylic acids is 1. The van der Waals surface area contributed by atoms with Crippen LogP contribution in [0.5, 0.6) is 0 Å². The maximum absolute atomic E-state index is 12.2. The van der Waals surface area contributed by atoms with Crippen molar-refractivity contribution in [2.45, 2.75) is 5.03 Å². The summed E-state index contributed by atoms with van der Waals surface area (Å²) in [6.07, 6.45) is 1.85. The van der Waals surface area contributed by atoms with Gasteiger partial charge in [0.05, 0.1) is 22.6 Å². The number of nitro benzene ring substituents is 1. The molecule has 8 nitrogen and oxygen atoms in total. The van der Waals surface area contributed by atoms with Crippen molar-refractivity contribution in [2.24, 2.45) is 0 Å². The molecule has 0 aliphatic heterocycles. The van der Waals surface area contributed by atoms with Gasteiger partial charge in [0.1, 0.15) is 5.03 Å². The first-order valence-corrected chi connectivity index (χ1v) is 9.66. The van der Waals surface area contributed by atoms with E-state index in [2.05, 4.69) is 15.4 Å². The van der Waals surface area contributed by atoms with E-state index in [0.29, 0.717) is 16.4 Å². The Morgan fingerprint density at radius 3 is 2.72 bits per heavy atom. The Kier molecular flexibility index (Phi) is 5.21. The Morgan fingerprint density at radius 2 is 1.93 bits per heavy atom. The maximum Gasteiger partial charge on any atom is 0.271 e. The zero-order chi connectivity index (χ0) is 20.2. The molecule has 0 atom stereocenters. The first-order chi connectivity index (χ1) is 14.1. The van der Waals surface area contributed by atoms with Crippen molar-refractivity contribution in [2.75, 3.05) is 11.1 Å². The molecule has 2 aromatic heterocycles. The van der Waals surface area contributed by atoms with Crippen LogP contribution in [0.4, 0.5) is 11.4 Å². The fraction of sp³-hybridized carbons (Fsp3) is 0.0500. The number of hydrogen-bond donors (Lipinski definition) is 1. The van der Waals surface area contributed by atoms with Crippen molar-refractivity contribution >= 4 is 34.7 Å². The van der Waals surface area contributed by atoms with E-state index in [4.69, 9.17) is 0 Å². The molecule has 4 rings (SSSR count). The van der Waals surface area contributed by atoms with Gasteiger partial charge in [-0.05, 0) is 18.2 Å². The Morgan fingerprint density at radius 1 is 1.10 bits per heavy atom. The molecule has 0 radical (unpaired) electrons. The number of non-ortho nitro benzene ring substituents is 1. The van der Waals surface area contributed by atoms with Crippen LogP contribution in [0.25, 0.3) is 16.9 Å². The summed E-state index contributed by atoms with van der Waals surface area (Å²) in [6, 6.07) is 19.3. The van der Waals surface area contributed by atoms with E-state index in [9.17, 15) is 14.9 Å². The van der Waals surface area contributed by atoms with Crippen molar-refractivity contribution in [3.8, 4) is 11.3 Å². The van der Waals surface area contributed by atoms with E-state index in [1.165, 1.54) is 30.0 Å². The van der Waals surface area contributed by atoms with Crippen molar-refractivity contribution in [1.29, 1.82) is 0 Å². The van der Waals surface area contributed by atoms with Crippen LogP contribution in [0, 0.1) is 10.1 Å². The van der Waals surface area contributed by atoms with Crippen LogP contribution in [0.1, 0.15) is 0 Å². The Hall–Kier alpha value is -3.72. The number of nitrogens with one attached hydrogen (secondary N) is 1. The van der Waals surface area contributed by atoms with Crippen LogP contribution >= 0.6 is 11.8 Å². The second kappa shape index (κ2) is 8.11. The van der Waals surface area contributed by atoms with E-state index < -0.39 is 4.92 Å². The van der Waals surface area contributed by atoms with Gasteiger partial charge in [-0.25, -0.2) is 9.50 Å². The van der Waals surface area contributed by atoms with Crippen molar-refractivity contribution in [3.63, 3.8) is 0 Å². The summed E-state index contributed by atoms with van der Waals surface area (Å²) in [5, 5.41) is 18.6. The topological polar surface area (TPSA) is 102 Å². The first-order valence-electron chi connectivity index (χ1n) is 8.67. The Labute approximate surface area is 169 Å². The molecule has 0 unspecified atom stereocenters. The van der Waals surface area contributed by atoms with Crippen LogP contribution in [0.15, 0.2) is 78.0 Å². The lowest BCUT2D eigenvalue weighted by Gasteiger charge is -2.05. The summed E-state index contributed by atoms with van der Waals surface area (Å²) >= 11 is 1.27. The molecule has 0 fully saturated rings. The van der Waals surface area contributed by atoms with E-state index in [-0.39, 0.29) is 17.3 Å². The number of imidazole rings is 1. The number of nitrogens with zero attached hydrogens (tertiary/aromatic N) is 4. The number of amides is 1. The van der Waals surface area contributed by atoms with Gasteiger partial charge in [0.15, 0.2) is 5.65 Å². The highest BCUT2D eigenvalue weighted by Gasteiger charge is 2.10. The van der Waals surface area contributed by atoms with Crippen molar-refractivity contribution in [3.05, 3.63) is 83.0 Å². The number of hydrogen-bond acceptors (Lipinski definition) is 6. The molecule has 0 aliphatic rings. The molecule has 0 spiro atoms. The van der Waals surface area contributed by atoms with Gasteiger partial charge in [-0.2, -0.15) is 5.10 Å². The van der Waals surface area contributed by atoms with Crippen LogP contribution < -0.4 is 5.32 Å². The zero-order valence-electron chi connectivity index (χ0n) is 15.1. The molecule has 1 amide bonds. The predicted molar refractivity (Wildman–Crippen MR) is 111 cm³/mol. The number of thioether (sulfide) groups is 1. The number of benzene rings is 2. The molecule has 4 aromatic rings. The minimum absolute atomic E-state index is 0.0723. The second-order valence-electron chi connectivity index (χ2n) is 6.11. The Balaban J connectivity index is 1.42. The number of rotatable bonds is 6. The van der Waals surface area contributed by atoms with E-state index in [1.54, 1.807) is 10.6 Å². The predicted octanol–water partition coefficient (Wildman–Crippen LogP) is 4.04. The molecule has 0 bridgehead atoms. The lowest BCUT2D eigenvalue weighted by Crippen LogP contribution is -2.14. The van der Waals surface area contributed by atoms with E-state index >= 15 is 0 Å². The molecule has 0 aliphatic carbocycles. The summed E-state index contributed by atoms with van der Waals surface area (Å²) in [5.74, 6) is -0.144. The average Bonchev–Trinajstić information content (AvgIpc) is 3.16. The van der Waals surface area contributed by atoms with E-state index in [1.807, 2.05) is 48.7 Å². The summed E-state index contributed by atoms with van der Waals surface area (Å²) in [7, 11) is 0. The largest absolute Gasteiger partial charge is 0.325 e. The Bertz CT molecular complexity index is 1190. The minimum atomic E-state index is -0.502. The molecule has 9 heteroatoms. The molecule has 2 heterocycles. The zero-order valence-corrected chi connectivity index (χ0v) is 15.9. The molecule has 29 heavy (non-hydrogen) atoms. The highest BCUT2D eigenvalue weighted by molar-refractivity contribution is 7.99. The van der Waals surface area contributed by atoms with Gasteiger partial charge in [-0.1, -0.05) is 48.2 Å². The second-order valence-corrected chi connectivity index (χ2v) is 7.11. The van der Waals surface area contributed by atoms with Crippen LogP contribution in [0.3, 0.4) is 0 Å². The number of anilines is 1. The summed E-state index contributed by atoms with van der Waals surface area (Å²) in [5.41, 5.74) is 2.86. The van der Waals surface area contributed by atoms with Crippen LogP contribution in [0.2, 0.25) is 0 Å². The summed E-state index contributed by atoms with van der Waals surface area (Å²) in [6.45, 7) is 0. The number of aromatic nitrogens is 3. The summed E-state index contributed by atoms with van der Waals surface area (Å²) < 4.78 is 1.68. The van der Waals surface area contributed by atoms with Gasteiger partial charge in [0.25, 0.3) is 5.69 Å². The van der Waals surface area contributed by atoms with Crippen LogP contribution in [-0.4, -0.2) is 31.2 Å². The van der Waals surface area contributed by atoms with Crippen molar-refractivity contribution < 1.29 is 9.72 Å². The van der Waals surface area contributed by atoms with Gasteiger partial charge in [-0.3, -0.25) is 14.9 Å². The third-order valence-electron chi connectivity index (χ3n) is 4.06. The van der Waals surface area contributed by atoms with E-state index in [0.717, 1.165) is 11.3 Å². The number of carbonyl (C=O) groups is 1. The molecular weight excluding hydrogens is 390 g/mol. The third-order valence-corrected chi connectivity index (χ3v) is 4.98. The molecule has 2 aromatic carbocycles. The van der Waals surface area contributed by atoms with Gasteiger partial charge in [0.2, 0.25) is 5.91 Å². The molecular formula is C20H15N5O3S. The standard InChI is InChI=1S/C20H15N5O3S/c26-19(21-15-7-4-8-16(11-15)25(27)28)13-29-20-10-9-18-22-17(12-24(18)23-20)14-5-2-1-3-6-14/h1-12H,13H2,(H,21,26). The lowest BCUT2D eigenvalue weighted by molar-refractivity contribution is -0.384. The normalized spacial score (nSPS) is 10.8. The quantitative estimate of drug-likeness (QED) is 0.295. The fourth-order valence-corrected chi connectivity index (χ4v) is 3.38. The molecule has 0 saturated carbocycles. The highest BCUT2D eigenvalue weighted by Crippen LogP contribution is 2.21. The number of fused-ring (bicyclic) bond motifs is 1. The fourth-order valence-electron chi connectivity index (χ4n) is 2.72. The molecule has 144 valence electrons. The van der Waals surface area contributed by atoms with Crippen LogP contribution in [-0.2, 0) is 4.79 Å². The molecule has 0 saturated heterocycles. The number of nitro groups is 1. The highest BCUT2D eigenvalue weighted by atomic mass is 32.2. The maximum atomic E-state index is 12.2. The monoisotopic (exact) mass is 405 g/mol. The smallest absolute Gasteiger partial charge is 0.271 e. The minimum Gasteiger partial charge on any atom is -0.325 e. The van der Waals surface area contributed by atoms with Crippen molar-refractivity contribution in [1.82, 2.24) is 14.6 Å². The first kappa shape index (κ1) is 18.6. The SMILES string of the molecule is O=C(CSc1ccc2nc(-c3ccccc3)cn2n1)Nc1cccc([N+](=O)[O-])c1. The summed E-state index contributed by atoms with van der Waals surface area (Å²) in [4.78, 5) is 27.0. The van der Waals surface area contributed by atoms with Gasteiger partial charge in [-0.15, -0.1) is 0 Å². The van der Waals surface area contributed by atoms with Gasteiger partial charge in [0, 0.05) is 23.4 Å². The lowest BCUT2D eigenvalue weighted by atomic mass is 10.2.